The Bertz CT molecular complexity index is 1740. The molecule has 1 aromatic heterocycles. The SMILES string of the molecule is COc1cc([C@@H]2c3sc(=O)[nH]c3S[C@@H]3[C@@H]4C[C@@H]([C@@H]5C(=O)N(c6ccc(C)cc6)C(=O)[C@@H]45)[C@H]23)ccc1OCC(=O)N1CCCCC1. The molecule has 2 aliphatic carbocycles. The molecule has 2 saturated carbocycles. The molecule has 2 bridgehead atoms. The summed E-state index contributed by atoms with van der Waals surface area (Å²) in [5.74, 6) is 0.0962. The molecule has 3 aliphatic heterocycles. The van der Waals surface area contributed by atoms with Crippen LogP contribution in [0, 0.1) is 36.5 Å². The van der Waals surface area contributed by atoms with Gasteiger partial charge in [-0.1, -0.05) is 35.1 Å². The number of nitrogens with one attached hydrogen (secondary N) is 1. The number of thioether (sulfide) groups is 1. The number of imide groups is 1. The minimum atomic E-state index is -0.365. The zero-order valence-corrected chi connectivity index (χ0v) is 26.8. The van der Waals surface area contributed by atoms with Crippen LogP contribution in [0.4, 0.5) is 5.69 Å². The van der Waals surface area contributed by atoms with Gasteiger partial charge in [-0.05, 0) is 80.2 Å². The predicted molar refractivity (Wildman–Crippen MR) is 171 cm³/mol. The molecule has 2 saturated heterocycles. The summed E-state index contributed by atoms with van der Waals surface area (Å²) in [6.07, 6.45) is 4.01. The van der Waals surface area contributed by atoms with Crippen LogP contribution in [0.25, 0.3) is 0 Å². The number of aromatic amines is 1. The van der Waals surface area contributed by atoms with Crippen molar-refractivity contribution in [2.75, 3.05) is 31.7 Å². The number of H-pyrrole nitrogens is 1. The molecule has 9 nitrogen and oxygen atoms in total. The van der Waals surface area contributed by atoms with E-state index in [0.29, 0.717) is 17.2 Å². The first-order valence-electron chi connectivity index (χ1n) is 15.8. The van der Waals surface area contributed by atoms with Crippen molar-refractivity contribution in [1.29, 1.82) is 0 Å². The van der Waals surface area contributed by atoms with Crippen LogP contribution in [-0.4, -0.2) is 59.7 Å². The molecule has 4 heterocycles. The lowest BCUT2D eigenvalue weighted by molar-refractivity contribution is -0.134. The number of carbonyl (C=O) groups excluding carboxylic acids is 3. The van der Waals surface area contributed by atoms with E-state index in [0.717, 1.165) is 59.8 Å². The molecule has 0 unspecified atom stereocenters. The molecular formula is C34H35N3O6S2. The maximum absolute atomic E-state index is 14.0. The first-order chi connectivity index (χ1) is 21.8. The van der Waals surface area contributed by atoms with Gasteiger partial charge < -0.3 is 19.4 Å². The molecule has 3 aromatic rings. The predicted octanol–water partition coefficient (Wildman–Crippen LogP) is 4.82. The van der Waals surface area contributed by atoms with E-state index in [2.05, 4.69) is 4.98 Å². The van der Waals surface area contributed by atoms with Gasteiger partial charge >= 0.3 is 4.87 Å². The van der Waals surface area contributed by atoms with E-state index < -0.39 is 0 Å². The van der Waals surface area contributed by atoms with E-state index in [4.69, 9.17) is 9.47 Å². The van der Waals surface area contributed by atoms with E-state index in [1.54, 1.807) is 18.9 Å². The monoisotopic (exact) mass is 645 g/mol. The number of hydrogen-bond donors (Lipinski definition) is 1. The van der Waals surface area contributed by atoms with Crippen LogP contribution in [0.15, 0.2) is 52.3 Å². The number of thiazole rings is 1. The van der Waals surface area contributed by atoms with Crippen LogP contribution >= 0.6 is 23.1 Å². The fourth-order valence-electron chi connectivity index (χ4n) is 8.71. The van der Waals surface area contributed by atoms with E-state index in [9.17, 15) is 19.2 Å². The molecule has 1 N–H and O–H groups in total. The highest BCUT2D eigenvalue weighted by Crippen LogP contribution is 2.68. The maximum Gasteiger partial charge on any atom is 0.305 e. The van der Waals surface area contributed by atoms with Crippen molar-refractivity contribution in [3.8, 4) is 11.5 Å². The number of rotatable bonds is 6. The van der Waals surface area contributed by atoms with E-state index in [1.807, 2.05) is 54.3 Å². The van der Waals surface area contributed by atoms with Crippen LogP contribution in [0.1, 0.15) is 47.6 Å². The van der Waals surface area contributed by atoms with Gasteiger partial charge in [0.05, 0.1) is 29.7 Å². The lowest BCUT2D eigenvalue weighted by Crippen LogP contribution is -2.42. The summed E-state index contributed by atoms with van der Waals surface area (Å²) in [4.78, 5) is 60.5. The van der Waals surface area contributed by atoms with Gasteiger partial charge in [0.15, 0.2) is 18.1 Å². The third-order valence-electron chi connectivity index (χ3n) is 10.6. The number of likely N-dealkylation sites (tertiary alicyclic amines) is 1. The summed E-state index contributed by atoms with van der Waals surface area (Å²) in [5.41, 5.74) is 2.69. The summed E-state index contributed by atoms with van der Waals surface area (Å²) < 4.78 is 11.7. The molecule has 0 radical (unpaired) electrons. The van der Waals surface area contributed by atoms with E-state index >= 15 is 0 Å². The zero-order valence-electron chi connectivity index (χ0n) is 25.2. The van der Waals surface area contributed by atoms with E-state index in [-0.39, 0.29) is 70.0 Å². The fourth-order valence-corrected chi connectivity index (χ4v) is 11.6. The molecule has 4 fully saturated rings. The van der Waals surface area contributed by atoms with Gasteiger partial charge in [-0.15, -0.1) is 11.8 Å². The molecule has 0 spiro atoms. The highest BCUT2D eigenvalue weighted by molar-refractivity contribution is 8.00. The van der Waals surface area contributed by atoms with Gasteiger partial charge in [-0.3, -0.25) is 24.1 Å². The third kappa shape index (κ3) is 4.56. The molecule has 2 aromatic carbocycles. The number of aryl methyl sites for hydroxylation is 1. The van der Waals surface area contributed by atoms with Crippen molar-refractivity contribution in [1.82, 2.24) is 9.88 Å². The van der Waals surface area contributed by atoms with E-state index in [1.165, 1.54) is 16.2 Å². The highest BCUT2D eigenvalue weighted by atomic mass is 32.2. The maximum atomic E-state index is 14.0. The van der Waals surface area contributed by atoms with Crippen molar-refractivity contribution in [3.63, 3.8) is 0 Å². The van der Waals surface area contributed by atoms with Crippen molar-refractivity contribution < 1.29 is 23.9 Å². The quantitative estimate of drug-likeness (QED) is 0.383. The van der Waals surface area contributed by atoms with Crippen molar-refractivity contribution in [2.24, 2.45) is 29.6 Å². The smallest absolute Gasteiger partial charge is 0.305 e. The average molecular weight is 646 g/mol. The summed E-state index contributed by atoms with van der Waals surface area (Å²) >= 11 is 2.90. The van der Waals surface area contributed by atoms with Gasteiger partial charge in [0.1, 0.15) is 0 Å². The van der Waals surface area contributed by atoms with Gasteiger partial charge in [0, 0.05) is 29.1 Å². The number of hydrogen-bond acceptors (Lipinski definition) is 8. The molecule has 234 valence electrons. The molecular weight excluding hydrogens is 611 g/mol. The van der Waals surface area contributed by atoms with Gasteiger partial charge in [-0.2, -0.15) is 0 Å². The molecule has 5 aliphatic rings. The lowest BCUT2D eigenvalue weighted by atomic mass is 9.68. The number of amides is 3. The van der Waals surface area contributed by atoms with Crippen LogP contribution in [0.5, 0.6) is 11.5 Å². The lowest BCUT2D eigenvalue weighted by Gasteiger charge is -2.43. The first-order valence-corrected chi connectivity index (χ1v) is 17.5. The number of fused-ring (bicyclic) bond motifs is 9. The number of benzene rings is 2. The van der Waals surface area contributed by atoms with Crippen LogP contribution in [-0.2, 0) is 14.4 Å². The summed E-state index contributed by atoms with van der Waals surface area (Å²) in [7, 11) is 1.59. The second-order valence-electron chi connectivity index (χ2n) is 12.9. The fraction of sp³-hybridized carbons (Fsp3) is 0.471. The first kappa shape index (κ1) is 28.9. The minimum absolute atomic E-state index is 0.0174. The van der Waals surface area contributed by atoms with Crippen molar-refractivity contribution in [3.05, 3.63) is 68.1 Å². The molecule has 8 rings (SSSR count). The third-order valence-corrected chi connectivity index (χ3v) is 13.2. The second-order valence-corrected chi connectivity index (χ2v) is 15.2. The summed E-state index contributed by atoms with van der Waals surface area (Å²) in [6.45, 7) is 3.47. The summed E-state index contributed by atoms with van der Waals surface area (Å²) in [6, 6.07) is 13.4. The number of carbonyl (C=O) groups is 3. The Morgan fingerprint density at radius 1 is 0.956 bits per heavy atom. The second kappa shape index (κ2) is 11.0. The Hall–Kier alpha value is -3.57. The van der Waals surface area contributed by atoms with Crippen LogP contribution < -0.4 is 19.2 Å². The number of ether oxygens (including phenoxy) is 2. The normalized spacial score (nSPS) is 29.9. The number of nitrogens with zero attached hydrogens (tertiary/aromatic N) is 2. The Balaban J connectivity index is 1.11. The zero-order chi connectivity index (χ0) is 31.0. The van der Waals surface area contributed by atoms with Gasteiger partial charge in [0.2, 0.25) is 11.8 Å². The number of anilines is 1. The Morgan fingerprint density at radius 3 is 2.42 bits per heavy atom. The minimum Gasteiger partial charge on any atom is -0.493 e. The number of methoxy groups -OCH3 is 1. The Kier molecular flexibility index (Phi) is 7.09. The van der Waals surface area contributed by atoms with Crippen molar-refractivity contribution >= 4 is 46.5 Å². The standard InChI is InChI=1S/C34H35N3O6S2/c1-17-6-9-19(10-7-17)37-32(39)27-20-15-21(28(27)33(37)40)29-26(20)25(30-31(44-29)35-34(41)45-30)18-8-11-22(23(14-18)42-2)43-16-24(38)36-12-4-3-5-13-36/h6-11,14,20-21,25-29H,3-5,12-13,15-16H2,1-2H3,(H,35,41)/t20-,21-,25+,26-,27+,28+,29-/m1/s1. The topological polar surface area (TPSA) is 109 Å². The Labute approximate surface area is 269 Å². The van der Waals surface area contributed by atoms with Crippen LogP contribution in [0.2, 0.25) is 0 Å². The number of piperidine rings is 1. The van der Waals surface area contributed by atoms with Crippen molar-refractivity contribution in [2.45, 2.75) is 48.8 Å². The van der Waals surface area contributed by atoms with Crippen LogP contribution in [0.3, 0.4) is 0 Å². The number of aromatic nitrogens is 1. The molecule has 11 heteroatoms. The molecule has 3 amide bonds. The molecule has 7 atom stereocenters. The molecule has 45 heavy (non-hydrogen) atoms. The average Bonchev–Trinajstić information content (AvgIpc) is 3.79. The van der Waals surface area contributed by atoms with Gasteiger partial charge in [-0.25, -0.2) is 0 Å². The highest BCUT2D eigenvalue weighted by Gasteiger charge is 2.69. The summed E-state index contributed by atoms with van der Waals surface area (Å²) in [5, 5.41) is 0.955. The van der Waals surface area contributed by atoms with Gasteiger partial charge in [0.25, 0.3) is 5.91 Å². The Morgan fingerprint density at radius 2 is 1.69 bits per heavy atom. The largest absolute Gasteiger partial charge is 0.493 e.